The van der Waals surface area contributed by atoms with Crippen molar-refractivity contribution in [2.75, 3.05) is 31.7 Å². The highest BCUT2D eigenvalue weighted by atomic mass is 16.5. The van der Waals surface area contributed by atoms with Crippen LogP contribution in [0.3, 0.4) is 0 Å². The molecule has 0 spiro atoms. The molecule has 0 radical (unpaired) electrons. The normalized spacial score (nSPS) is 9.94. The molecule has 0 unspecified atom stereocenters. The van der Waals surface area contributed by atoms with Crippen LogP contribution in [0.5, 0.6) is 0 Å². The Morgan fingerprint density at radius 1 is 1.41 bits per heavy atom. The van der Waals surface area contributed by atoms with Gasteiger partial charge in [-0.15, -0.1) is 0 Å². The maximum atomic E-state index is 8.65. The zero-order chi connectivity index (χ0) is 12.5. The second kappa shape index (κ2) is 7.58. The smallest absolute Gasteiger partial charge is 0.132 e. The predicted octanol–water partition coefficient (Wildman–Crippen LogP) is 1.41. The highest BCUT2D eigenvalue weighted by molar-refractivity contribution is 5.39. The van der Waals surface area contributed by atoms with Gasteiger partial charge in [0.05, 0.1) is 19.1 Å². The Morgan fingerprint density at radius 2 is 2.24 bits per heavy atom. The molecule has 0 fully saturated rings. The molecule has 17 heavy (non-hydrogen) atoms. The van der Waals surface area contributed by atoms with Gasteiger partial charge >= 0.3 is 0 Å². The van der Waals surface area contributed by atoms with Gasteiger partial charge in [0.25, 0.3) is 0 Å². The summed E-state index contributed by atoms with van der Waals surface area (Å²) in [6.45, 7) is 4.08. The van der Waals surface area contributed by atoms with Gasteiger partial charge in [0.1, 0.15) is 12.1 Å². The third-order valence-electron chi connectivity index (χ3n) is 2.45. The number of aryl methyl sites for hydroxylation is 1. The van der Waals surface area contributed by atoms with E-state index in [2.05, 4.69) is 23.0 Å². The lowest BCUT2D eigenvalue weighted by Gasteiger charge is -2.22. The highest BCUT2D eigenvalue weighted by Crippen LogP contribution is 2.11. The number of methoxy groups -OCH3 is 1. The molecule has 1 aromatic rings. The second-order valence-electron chi connectivity index (χ2n) is 3.61. The van der Waals surface area contributed by atoms with Gasteiger partial charge in [-0.05, 0) is 6.42 Å². The number of hydrogen-bond acceptors (Lipinski definition) is 5. The summed E-state index contributed by atoms with van der Waals surface area (Å²) in [7, 11) is 1.67. The lowest BCUT2D eigenvalue weighted by molar-refractivity contribution is 0.205. The van der Waals surface area contributed by atoms with E-state index < -0.39 is 0 Å². The summed E-state index contributed by atoms with van der Waals surface area (Å²) < 4.78 is 5.06. The minimum atomic E-state index is 0.481. The lowest BCUT2D eigenvalue weighted by atomic mass is 10.3. The Balaban J connectivity index is 2.75. The van der Waals surface area contributed by atoms with Crippen molar-refractivity contribution in [1.82, 2.24) is 9.97 Å². The molecule has 0 saturated heterocycles. The number of ether oxygens (including phenoxy) is 1. The van der Waals surface area contributed by atoms with Gasteiger partial charge in [-0.2, -0.15) is 5.26 Å². The SMILES string of the molecule is CCc1cc(N(CCC#N)CCOC)ncn1. The molecule has 0 amide bonds. The van der Waals surface area contributed by atoms with Crippen molar-refractivity contribution in [3.8, 4) is 6.07 Å². The lowest BCUT2D eigenvalue weighted by Crippen LogP contribution is -2.29. The highest BCUT2D eigenvalue weighted by Gasteiger charge is 2.08. The van der Waals surface area contributed by atoms with Gasteiger partial charge in [0.2, 0.25) is 0 Å². The summed E-state index contributed by atoms with van der Waals surface area (Å²) in [6.07, 6.45) is 2.93. The first kappa shape index (κ1) is 13.4. The molecule has 0 bridgehead atoms. The molecule has 1 heterocycles. The molecule has 0 aliphatic heterocycles. The summed E-state index contributed by atoms with van der Waals surface area (Å²) in [6, 6.07) is 4.11. The van der Waals surface area contributed by atoms with Crippen molar-refractivity contribution in [1.29, 1.82) is 5.26 Å². The zero-order valence-electron chi connectivity index (χ0n) is 10.4. The minimum Gasteiger partial charge on any atom is -0.383 e. The average molecular weight is 234 g/mol. The Morgan fingerprint density at radius 3 is 2.88 bits per heavy atom. The molecule has 0 N–H and O–H groups in total. The largest absolute Gasteiger partial charge is 0.383 e. The van der Waals surface area contributed by atoms with Crippen LogP contribution in [-0.2, 0) is 11.2 Å². The van der Waals surface area contributed by atoms with E-state index in [9.17, 15) is 0 Å². The van der Waals surface area contributed by atoms with Gasteiger partial charge in [-0.1, -0.05) is 6.92 Å². The fourth-order valence-corrected chi connectivity index (χ4v) is 1.48. The number of rotatable bonds is 7. The first-order chi connectivity index (χ1) is 8.31. The van der Waals surface area contributed by atoms with Gasteiger partial charge in [-0.25, -0.2) is 9.97 Å². The van der Waals surface area contributed by atoms with Crippen LogP contribution in [0.2, 0.25) is 0 Å². The van der Waals surface area contributed by atoms with Crippen LogP contribution >= 0.6 is 0 Å². The Kier molecular flexibility index (Phi) is 5.97. The van der Waals surface area contributed by atoms with Crippen LogP contribution in [0.25, 0.3) is 0 Å². The Bertz CT molecular complexity index is 375. The van der Waals surface area contributed by atoms with Crippen molar-refractivity contribution < 1.29 is 4.74 Å². The van der Waals surface area contributed by atoms with E-state index in [0.717, 1.165) is 24.5 Å². The standard InChI is InChI=1S/C12H18N4O/c1-3-11-9-12(15-10-14-11)16(6-4-5-13)7-8-17-2/h9-10H,3-4,6-8H2,1-2H3. The van der Waals surface area contributed by atoms with Gasteiger partial charge in [0.15, 0.2) is 0 Å². The summed E-state index contributed by atoms with van der Waals surface area (Å²) in [5, 5.41) is 8.65. The molecule has 92 valence electrons. The molecule has 1 aromatic heterocycles. The molecule has 0 aromatic carbocycles. The van der Waals surface area contributed by atoms with E-state index in [1.807, 2.05) is 11.0 Å². The van der Waals surface area contributed by atoms with Crippen LogP contribution in [0.4, 0.5) is 5.82 Å². The number of anilines is 1. The van der Waals surface area contributed by atoms with Crippen molar-refractivity contribution in [2.45, 2.75) is 19.8 Å². The first-order valence-electron chi connectivity index (χ1n) is 5.73. The van der Waals surface area contributed by atoms with Crippen molar-refractivity contribution >= 4 is 5.82 Å². The van der Waals surface area contributed by atoms with E-state index in [0.29, 0.717) is 19.6 Å². The van der Waals surface area contributed by atoms with Crippen molar-refractivity contribution in [3.63, 3.8) is 0 Å². The molecule has 0 aliphatic carbocycles. The van der Waals surface area contributed by atoms with Crippen LogP contribution in [0.1, 0.15) is 19.0 Å². The van der Waals surface area contributed by atoms with Crippen LogP contribution in [0.15, 0.2) is 12.4 Å². The minimum absolute atomic E-state index is 0.481. The average Bonchev–Trinajstić information content (AvgIpc) is 2.39. The van der Waals surface area contributed by atoms with E-state index in [1.54, 1.807) is 13.4 Å². The predicted molar refractivity (Wildman–Crippen MR) is 65.7 cm³/mol. The van der Waals surface area contributed by atoms with Crippen LogP contribution in [-0.4, -0.2) is 36.8 Å². The molecular formula is C12H18N4O. The van der Waals surface area contributed by atoms with Crippen molar-refractivity contribution in [2.24, 2.45) is 0 Å². The van der Waals surface area contributed by atoms with Gasteiger partial charge in [-0.3, -0.25) is 0 Å². The summed E-state index contributed by atoms with van der Waals surface area (Å²) in [5.41, 5.74) is 1.01. The van der Waals surface area contributed by atoms with E-state index in [4.69, 9.17) is 10.00 Å². The van der Waals surface area contributed by atoms with E-state index in [-0.39, 0.29) is 0 Å². The molecular weight excluding hydrogens is 216 g/mol. The zero-order valence-corrected chi connectivity index (χ0v) is 10.4. The number of aromatic nitrogens is 2. The maximum absolute atomic E-state index is 8.65. The van der Waals surface area contributed by atoms with Gasteiger partial charge in [0, 0.05) is 32.0 Å². The maximum Gasteiger partial charge on any atom is 0.132 e. The summed E-state index contributed by atoms with van der Waals surface area (Å²) in [5.74, 6) is 0.865. The fraction of sp³-hybridized carbons (Fsp3) is 0.583. The topological polar surface area (TPSA) is 62.0 Å². The molecule has 5 heteroatoms. The number of nitrogens with zero attached hydrogens (tertiary/aromatic N) is 4. The van der Waals surface area contributed by atoms with E-state index in [1.165, 1.54) is 0 Å². The first-order valence-corrected chi connectivity index (χ1v) is 5.73. The Hall–Kier alpha value is -1.67. The fourth-order valence-electron chi connectivity index (χ4n) is 1.48. The van der Waals surface area contributed by atoms with E-state index >= 15 is 0 Å². The molecule has 1 rings (SSSR count). The monoisotopic (exact) mass is 234 g/mol. The number of hydrogen-bond donors (Lipinski definition) is 0. The van der Waals surface area contributed by atoms with Gasteiger partial charge < -0.3 is 9.64 Å². The van der Waals surface area contributed by atoms with Crippen LogP contribution < -0.4 is 4.90 Å². The molecule has 0 atom stereocenters. The molecule has 0 saturated carbocycles. The second-order valence-corrected chi connectivity index (χ2v) is 3.61. The quantitative estimate of drug-likeness (QED) is 0.713. The van der Waals surface area contributed by atoms with Crippen LogP contribution in [0, 0.1) is 11.3 Å². The summed E-state index contributed by atoms with van der Waals surface area (Å²) >= 11 is 0. The van der Waals surface area contributed by atoms with Crippen molar-refractivity contribution in [3.05, 3.63) is 18.1 Å². The Labute approximate surface area is 102 Å². The molecule has 0 aliphatic rings. The summed E-state index contributed by atoms with van der Waals surface area (Å²) in [4.78, 5) is 10.5. The number of nitriles is 1. The third kappa shape index (κ3) is 4.37. The third-order valence-corrected chi connectivity index (χ3v) is 2.45. The molecule has 5 nitrogen and oxygen atoms in total.